The predicted molar refractivity (Wildman–Crippen MR) is 77.7 cm³/mol. The van der Waals surface area contributed by atoms with E-state index in [0.29, 0.717) is 11.5 Å². The van der Waals surface area contributed by atoms with E-state index in [9.17, 15) is 14.0 Å². The second kappa shape index (κ2) is 6.39. The van der Waals surface area contributed by atoms with E-state index in [4.69, 9.17) is 15.6 Å². The molecule has 0 unspecified atom stereocenters. The molecule has 0 radical (unpaired) electrons. The maximum atomic E-state index is 13.7. The van der Waals surface area contributed by atoms with Crippen molar-refractivity contribution in [2.75, 3.05) is 5.32 Å². The number of nitrogens with two attached hydrogens (primary N) is 1. The molecule has 116 valence electrons. The highest BCUT2D eigenvalue weighted by atomic mass is 32.1. The fraction of sp³-hybridized carbons (Fsp3) is 0.154. The van der Waals surface area contributed by atoms with Crippen LogP contribution in [0.4, 0.5) is 14.2 Å². The molecule has 2 rings (SSSR count). The number of primary amides is 1. The number of carbonyl (C=O) groups is 2. The molecule has 4 N–H and O–H groups in total. The van der Waals surface area contributed by atoms with Crippen molar-refractivity contribution in [3.8, 4) is 5.88 Å². The molecule has 2 amide bonds. The molecule has 22 heavy (non-hydrogen) atoms. The third-order valence-corrected chi connectivity index (χ3v) is 3.45. The number of hydrogen-bond donors (Lipinski definition) is 3. The summed E-state index contributed by atoms with van der Waals surface area (Å²) < 4.78 is 22.8. The monoisotopic (exact) mass is 325 g/mol. The van der Waals surface area contributed by atoms with Crippen LogP contribution in [0.25, 0.3) is 0 Å². The molecule has 0 bridgehead atoms. The minimum atomic E-state index is -1.36. The first-order valence-electron chi connectivity index (χ1n) is 6.05. The molecule has 0 aliphatic heterocycles. The molecule has 7 nitrogen and oxygen atoms in total. The average Bonchev–Trinajstić information content (AvgIpc) is 2.79. The standard InChI is InChI=1S/C13H12FN3O4S/c1-6-2-3-7(8(14)4-6)5-21-11-9(10(15)18)12(22-17-11)16-13(19)20/h2-4,16H,5H2,1H3,(H2,15,18)(H,19,20). The third-order valence-electron chi connectivity index (χ3n) is 2.70. The molecule has 9 heteroatoms. The van der Waals surface area contributed by atoms with E-state index in [2.05, 4.69) is 4.37 Å². The summed E-state index contributed by atoms with van der Waals surface area (Å²) in [5, 5.41) is 10.6. The first-order chi connectivity index (χ1) is 10.4. The predicted octanol–water partition coefficient (Wildman–Crippen LogP) is 2.36. The Labute approximate surface area is 128 Å². The smallest absolute Gasteiger partial charge is 0.409 e. The Kier molecular flexibility index (Phi) is 4.56. The highest BCUT2D eigenvalue weighted by Crippen LogP contribution is 2.30. The van der Waals surface area contributed by atoms with E-state index < -0.39 is 17.8 Å². The van der Waals surface area contributed by atoms with E-state index in [-0.39, 0.29) is 28.6 Å². The lowest BCUT2D eigenvalue weighted by atomic mass is 10.1. The lowest BCUT2D eigenvalue weighted by molar-refractivity contribution is 0.0996. The van der Waals surface area contributed by atoms with Crippen molar-refractivity contribution in [3.63, 3.8) is 0 Å². The van der Waals surface area contributed by atoms with Crippen LogP contribution in [0.15, 0.2) is 18.2 Å². The highest BCUT2D eigenvalue weighted by Gasteiger charge is 2.22. The molecule has 0 atom stereocenters. The first-order valence-corrected chi connectivity index (χ1v) is 6.83. The van der Waals surface area contributed by atoms with Crippen molar-refractivity contribution >= 4 is 28.5 Å². The van der Waals surface area contributed by atoms with Gasteiger partial charge in [0.2, 0.25) is 5.88 Å². The average molecular weight is 325 g/mol. The molecule has 1 aromatic carbocycles. The summed E-state index contributed by atoms with van der Waals surface area (Å²) in [6, 6.07) is 4.62. The molecule has 0 spiro atoms. The van der Waals surface area contributed by atoms with Gasteiger partial charge in [-0.3, -0.25) is 10.1 Å². The van der Waals surface area contributed by atoms with Gasteiger partial charge in [-0.15, -0.1) is 0 Å². The van der Waals surface area contributed by atoms with E-state index in [1.807, 2.05) is 5.32 Å². The van der Waals surface area contributed by atoms with Crippen molar-refractivity contribution < 1.29 is 23.8 Å². The van der Waals surface area contributed by atoms with Crippen LogP contribution >= 0.6 is 11.5 Å². The van der Waals surface area contributed by atoms with Gasteiger partial charge < -0.3 is 15.6 Å². The number of benzene rings is 1. The van der Waals surface area contributed by atoms with Crippen LogP contribution in [-0.4, -0.2) is 21.5 Å². The Morgan fingerprint density at radius 2 is 2.23 bits per heavy atom. The minimum Gasteiger partial charge on any atom is -0.471 e. The molecule has 0 fully saturated rings. The second-order valence-corrected chi connectivity index (χ2v) is 5.14. The zero-order valence-electron chi connectivity index (χ0n) is 11.4. The molecule has 1 heterocycles. The van der Waals surface area contributed by atoms with Crippen LogP contribution in [0.3, 0.4) is 0 Å². The number of nitrogens with one attached hydrogen (secondary N) is 1. The molecule has 0 saturated heterocycles. The fourth-order valence-corrected chi connectivity index (χ4v) is 2.42. The number of hydrogen-bond acceptors (Lipinski definition) is 5. The molecule has 1 aromatic heterocycles. The van der Waals surface area contributed by atoms with Crippen molar-refractivity contribution in [3.05, 3.63) is 40.7 Å². The van der Waals surface area contributed by atoms with Crippen LogP contribution in [-0.2, 0) is 6.61 Å². The van der Waals surface area contributed by atoms with Crippen molar-refractivity contribution in [2.45, 2.75) is 13.5 Å². The molecular formula is C13H12FN3O4S. The summed E-state index contributed by atoms with van der Waals surface area (Å²) in [6.45, 7) is 1.59. The van der Waals surface area contributed by atoms with Gasteiger partial charge in [0.15, 0.2) is 0 Å². The molecule has 0 aliphatic rings. The van der Waals surface area contributed by atoms with Crippen LogP contribution in [0.1, 0.15) is 21.5 Å². The topological polar surface area (TPSA) is 115 Å². The number of nitrogens with zero attached hydrogens (tertiary/aromatic N) is 1. The Morgan fingerprint density at radius 1 is 1.50 bits per heavy atom. The van der Waals surface area contributed by atoms with Gasteiger partial charge in [0.05, 0.1) is 0 Å². The summed E-state index contributed by atoms with van der Waals surface area (Å²) in [5.74, 6) is -1.47. The molecule has 0 saturated carbocycles. The molecule has 0 aliphatic carbocycles. The molecule has 2 aromatic rings. The Bertz CT molecular complexity index is 732. The van der Waals surface area contributed by atoms with Gasteiger partial charge in [0, 0.05) is 5.56 Å². The summed E-state index contributed by atoms with van der Waals surface area (Å²) >= 11 is 0.713. The van der Waals surface area contributed by atoms with Gasteiger partial charge in [0.1, 0.15) is 23.0 Å². The first kappa shape index (κ1) is 15.7. The number of halogens is 1. The zero-order chi connectivity index (χ0) is 16.3. The summed E-state index contributed by atoms with van der Waals surface area (Å²) in [5.41, 5.74) is 6.06. The van der Waals surface area contributed by atoms with Crippen LogP contribution in [0, 0.1) is 12.7 Å². The highest BCUT2D eigenvalue weighted by molar-refractivity contribution is 7.11. The van der Waals surface area contributed by atoms with Gasteiger partial charge in [-0.1, -0.05) is 12.1 Å². The van der Waals surface area contributed by atoms with E-state index in [0.717, 1.165) is 5.56 Å². The van der Waals surface area contributed by atoms with Crippen LogP contribution < -0.4 is 15.8 Å². The van der Waals surface area contributed by atoms with Gasteiger partial charge in [-0.25, -0.2) is 9.18 Å². The van der Waals surface area contributed by atoms with Gasteiger partial charge in [-0.2, -0.15) is 4.37 Å². The lowest BCUT2D eigenvalue weighted by Crippen LogP contribution is -2.16. The van der Waals surface area contributed by atoms with Crippen molar-refractivity contribution in [2.24, 2.45) is 5.73 Å². The maximum Gasteiger partial charge on any atom is 0.409 e. The van der Waals surface area contributed by atoms with Gasteiger partial charge >= 0.3 is 6.09 Å². The van der Waals surface area contributed by atoms with Gasteiger partial charge in [0.25, 0.3) is 5.91 Å². The fourth-order valence-electron chi connectivity index (χ4n) is 1.69. The summed E-state index contributed by atoms with van der Waals surface area (Å²) in [6.07, 6.45) is -1.36. The zero-order valence-corrected chi connectivity index (χ0v) is 12.2. The Balaban J connectivity index is 2.20. The normalized spacial score (nSPS) is 10.3. The lowest BCUT2D eigenvalue weighted by Gasteiger charge is -2.07. The van der Waals surface area contributed by atoms with E-state index >= 15 is 0 Å². The van der Waals surface area contributed by atoms with Crippen LogP contribution in [0.2, 0.25) is 0 Å². The number of carboxylic acid groups (broad SMARTS) is 1. The quantitative estimate of drug-likeness (QED) is 0.780. The largest absolute Gasteiger partial charge is 0.471 e. The number of rotatable bonds is 5. The summed E-state index contributed by atoms with van der Waals surface area (Å²) in [7, 11) is 0. The number of ether oxygens (including phenoxy) is 1. The third kappa shape index (κ3) is 3.50. The van der Waals surface area contributed by atoms with Crippen molar-refractivity contribution in [1.82, 2.24) is 4.37 Å². The number of amides is 2. The number of aryl methyl sites for hydroxylation is 1. The maximum absolute atomic E-state index is 13.7. The van der Waals surface area contributed by atoms with E-state index in [1.54, 1.807) is 19.1 Å². The number of carbonyl (C=O) groups excluding carboxylic acids is 1. The van der Waals surface area contributed by atoms with Gasteiger partial charge in [-0.05, 0) is 30.1 Å². The minimum absolute atomic E-state index is 0.0422. The van der Waals surface area contributed by atoms with Crippen molar-refractivity contribution in [1.29, 1.82) is 0 Å². The summed E-state index contributed by atoms with van der Waals surface area (Å²) in [4.78, 5) is 22.0. The Morgan fingerprint density at radius 3 is 2.82 bits per heavy atom. The number of anilines is 1. The number of aromatic nitrogens is 1. The second-order valence-electron chi connectivity index (χ2n) is 4.37. The Hall–Kier alpha value is -2.68. The van der Waals surface area contributed by atoms with Crippen LogP contribution in [0.5, 0.6) is 5.88 Å². The SMILES string of the molecule is Cc1ccc(COc2nsc(NC(=O)O)c2C(N)=O)c(F)c1. The van der Waals surface area contributed by atoms with E-state index in [1.165, 1.54) is 6.07 Å². The molecular weight excluding hydrogens is 313 g/mol.